The fourth-order valence-electron chi connectivity index (χ4n) is 2.98. The number of carbonyl (C=O) groups is 2. The number of fused-ring (bicyclic) bond motifs is 1. The van der Waals surface area contributed by atoms with Gasteiger partial charge < -0.3 is 4.74 Å². The van der Waals surface area contributed by atoms with Crippen molar-refractivity contribution in [3.63, 3.8) is 0 Å². The number of allylic oxidation sites excluding steroid dienone is 2. The molecule has 0 amide bonds. The number of hydrogen-bond acceptors (Lipinski definition) is 4. The normalized spacial score (nSPS) is 13.9. The highest BCUT2D eigenvalue weighted by atomic mass is 19.1. The zero-order valence-electron chi connectivity index (χ0n) is 13.7. The molecule has 0 unspecified atom stereocenters. The Labute approximate surface area is 143 Å². The molecule has 2 aromatic rings. The highest BCUT2D eigenvalue weighted by Gasteiger charge is 2.35. The van der Waals surface area contributed by atoms with Crippen LogP contribution in [-0.4, -0.2) is 23.7 Å². The molecule has 1 heterocycles. The first-order chi connectivity index (χ1) is 12.0. The van der Waals surface area contributed by atoms with E-state index in [2.05, 4.69) is 4.98 Å². The summed E-state index contributed by atoms with van der Waals surface area (Å²) in [5, 5.41) is 0. The van der Waals surface area contributed by atoms with E-state index in [0.717, 1.165) is 12.1 Å². The van der Waals surface area contributed by atoms with E-state index < -0.39 is 34.3 Å². The minimum Gasteiger partial charge on any atom is -0.481 e. The average molecular weight is 343 g/mol. The monoisotopic (exact) mass is 343 g/mol. The van der Waals surface area contributed by atoms with Gasteiger partial charge in [0.1, 0.15) is 11.6 Å². The van der Waals surface area contributed by atoms with Gasteiger partial charge in [-0.2, -0.15) is 0 Å². The molecule has 0 saturated carbocycles. The van der Waals surface area contributed by atoms with Gasteiger partial charge in [0, 0.05) is 29.3 Å². The number of nitrogens with zero attached hydrogens (tertiary/aromatic N) is 1. The molecule has 0 radical (unpaired) electrons. The fraction of sp³-hybridized carbons (Fsp3) is 0.211. The lowest BCUT2D eigenvalue weighted by atomic mass is 9.80. The van der Waals surface area contributed by atoms with E-state index in [4.69, 9.17) is 4.74 Å². The predicted octanol–water partition coefficient (Wildman–Crippen LogP) is 3.70. The molecule has 0 saturated heterocycles. The van der Waals surface area contributed by atoms with Crippen molar-refractivity contribution < 1.29 is 23.1 Å². The van der Waals surface area contributed by atoms with Crippen molar-refractivity contribution in [1.82, 2.24) is 4.98 Å². The van der Waals surface area contributed by atoms with Gasteiger partial charge in [-0.3, -0.25) is 9.59 Å². The van der Waals surface area contributed by atoms with E-state index in [-0.39, 0.29) is 24.0 Å². The lowest BCUT2D eigenvalue weighted by Gasteiger charge is -2.21. The summed E-state index contributed by atoms with van der Waals surface area (Å²) in [5.74, 6) is -2.75. The van der Waals surface area contributed by atoms with Crippen molar-refractivity contribution in [2.45, 2.75) is 19.8 Å². The molecule has 0 spiro atoms. The largest absolute Gasteiger partial charge is 0.481 e. The SMILES string of the molecule is CCC1=C(Cc2cccc(OC)n2)C(=O)c2c(F)ccc(F)c2C1=O. The molecular formula is C19H15F2NO3. The summed E-state index contributed by atoms with van der Waals surface area (Å²) >= 11 is 0. The molecule has 1 aliphatic carbocycles. The van der Waals surface area contributed by atoms with E-state index in [1.807, 2.05) is 0 Å². The van der Waals surface area contributed by atoms with Crippen LogP contribution in [0.1, 0.15) is 39.8 Å². The number of halogens is 2. The number of methoxy groups -OCH3 is 1. The maximum Gasteiger partial charge on any atom is 0.213 e. The van der Waals surface area contributed by atoms with Crippen LogP contribution in [0.25, 0.3) is 0 Å². The number of ketones is 2. The van der Waals surface area contributed by atoms with Gasteiger partial charge in [-0.1, -0.05) is 13.0 Å². The molecule has 0 atom stereocenters. The molecule has 0 bridgehead atoms. The first-order valence-electron chi connectivity index (χ1n) is 7.77. The molecule has 1 aliphatic rings. The highest BCUT2D eigenvalue weighted by Crippen LogP contribution is 2.33. The summed E-state index contributed by atoms with van der Waals surface area (Å²) in [4.78, 5) is 29.6. The number of benzene rings is 1. The van der Waals surface area contributed by atoms with Gasteiger partial charge in [0.2, 0.25) is 5.88 Å². The van der Waals surface area contributed by atoms with Crippen molar-refractivity contribution in [2.24, 2.45) is 0 Å². The van der Waals surface area contributed by atoms with Gasteiger partial charge in [-0.25, -0.2) is 13.8 Å². The molecule has 1 aromatic heterocycles. The number of carbonyl (C=O) groups excluding carboxylic acids is 2. The van der Waals surface area contributed by atoms with Crippen LogP contribution in [-0.2, 0) is 6.42 Å². The molecule has 0 aliphatic heterocycles. The van der Waals surface area contributed by atoms with Crippen LogP contribution in [0.15, 0.2) is 41.5 Å². The third-order valence-electron chi connectivity index (χ3n) is 4.17. The van der Waals surface area contributed by atoms with Gasteiger partial charge in [-0.15, -0.1) is 0 Å². The second-order valence-electron chi connectivity index (χ2n) is 5.60. The molecule has 4 nitrogen and oxygen atoms in total. The standard InChI is InChI=1S/C19H15F2NO3/c1-3-11-12(9-10-5-4-6-15(22-10)25-2)19(24)17-14(21)8-7-13(20)16(17)18(11)23/h4-8H,3,9H2,1-2H3. The molecule has 128 valence electrons. The summed E-state index contributed by atoms with van der Waals surface area (Å²) in [5.41, 5.74) is -0.150. The third kappa shape index (κ3) is 2.84. The van der Waals surface area contributed by atoms with Crippen molar-refractivity contribution in [3.8, 4) is 5.88 Å². The Kier molecular flexibility index (Phi) is 4.44. The van der Waals surface area contributed by atoms with E-state index in [1.165, 1.54) is 7.11 Å². The number of aromatic nitrogens is 1. The van der Waals surface area contributed by atoms with Crippen LogP contribution in [0.3, 0.4) is 0 Å². The van der Waals surface area contributed by atoms with Crippen LogP contribution < -0.4 is 4.74 Å². The summed E-state index contributed by atoms with van der Waals surface area (Å²) in [6, 6.07) is 6.75. The summed E-state index contributed by atoms with van der Waals surface area (Å²) in [6.45, 7) is 1.70. The molecule has 0 N–H and O–H groups in total. The number of hydrogen-bond donors (Lipinski definition) is 0. The number of rotatable bonds is 4. The predicted molar refractivity (Wildman–Crippen MR) is 86.8 cm³/mol. The maximum absolute atomic E-state index is 14.1. The lowest BCUT2D eigenvalue weighted by molar-refractivity contribution is 0.0963. The van der Waals surface area contributed by atoms with Gasteiger partial charge in [0.15, 0.2) is 11.6 Å². The molecule has 3 rings (SSSR count). The Balaban J connectivity index is 2.13. The zero-order chi connectivity index (χ0) is 18.1. The Hall–Kier alpha value is -2.89. The lowest BCUT2D eigenvalue weighted by Crippen LogP contribution is -2.26. The number of ether oxygens (including phenoxy) is 1. The second-order valence-corrected chi connectivity index (χ2v) is 5.60. The Morgan fingerprint density at radius 1 is 0.960 bits per heavy atom. The Bertz CT molecular complexity index is 919. The number of Topliss-reactive ketones (excluding diaryl/α,β-unsaturated/α-hetero) is 2. The van der Waals surface area contributed by atoms with Crippen LogP contribution in [0, 0.1) is 11.6 Å². The van der Waals surface area contributed by atoms with Crippen molar-refractivity contribution in [2.75, 3.05) is 7.11 Å². The van der Waals surface area contributed by atoms with Gasteiger partial charge in [-0.05, 0) is 24.6 Å². The zero-order valence-corrected chi connectivity index (χ0v) is 13.7. The average Bonchev–Trinajstić information content (AvgIpc) is 2.61. The Morgan fingerprint density at radius 2 is 1.56 bits per heavy atom. The molecule has 25 heavy (non-hydrogen) atoms. The second kappa shape index (κ2) is 6.55. The van der Waals surface area contributed by atoms with Crippen molar-refractivity contribution in [1.29, 1.82) is 0 Å². The summed E-state index contributed by atoms with van der Waals surface area (Å²) in [6.07, 6.45) is 0.277. The molecule has 6 heteroatoms. The smallest absolute Gasteiger partial charge is 0.213 e. The van der Waals surface area contributed by atoms with E-state index in [9.17, 15) is 18.4 Å². The first-order valence-corrected chi connectivity index (χ1v) is 7.77. The quantitative estimate of drug-likeness (QED) is 0.849. The maximum atomic E-state index is 14.1. The van der Waals surface area contributed by atoms with Crippen molar-refractivity contribution in [3.05, 3.63) is 69.9 Å². The minimum atomic E-state index is -0.902. The third-order valence-corrected chi connectivity index (χ3v) is 4.17. The number of pyridine rings is 1. The van der Waals surface area contributed by atoms with Crippen LogP contribution in [0.5, 0.6) is 5.88 Å². The topological polar surface area (TPSA) is 56.3 Å². The minimum absolute atomic E-state index is 0.0420. The fourth-order valence-corrected chi connectivity index (χ4v) is 2.98. The van der Waals surface area contributed by atoms with E-state index in [1.54, 1.807) is 25.1 Å². The van der Waals surface area contributed by atoms with E-state index in [0.29, 0.717) is 11.6 Å². The van der Waals surface area contributed by atoms with Gasteiger partial charge in [0.05, 0.1) is 18.2 Å². The van der Waals surface area contributed by atoms with Crippen LogP contribution in [0.4, 0.5) is 8.78 Å². The van der Waals surface area contributed by atoms with Gasteiger partial charge >= 0.3 is 0 Å². The summed E-state index contributed by atoms with van der Waals surface area (Å²) < 4.78 is 33.2. The molecular weight excluding hydrogens is 328 g/mol. The molecule has 1 aromatic carbocycles. The van der Waals surface area contributed by atoms with E-state index >= 15 is 0 Å². The molecule has 0 fully saturated rings. The first kappa shape index (κ1) is 17.0. The van der Waals surface area contributed by atoms with Crippen molar-refractivity contribution >= 4 is 11.6 Å². The van der Waals surface area contributed by atoms with Gasteiger partial charge in [0.25, 0.3) is 0 Å². The van der Waals surface area contributed by atoms with Crippen LogP contribution >= 0.6 is 0 Å². The Morgan fingerprint density at radius 3 is 2.12 bits per heavy atom. The van der Waals surface area contributed by atoms with Crippen LogP contribution in [0.2, 0.25) is 0 Å². The highest BCUT2D eigenvalue weighted by molar-refractivity contribution is 6.27. The summed E-state index contributed by atoms with van der Waals surface area (Å²) in [7, 11) is 1.46.